The summed E-state index contributed by atoms with van der Waals surface area (Å²) in [6.45, 7) is 0.384. The van der Waals surface area contributed by atoms with E-state index in [2.05, 4.69) is 0 Å². The summed E-state index contributed by atoms with van der Waals surface area (Å²) < 4.78 is 32.8. The maximum atomic E-state index is 13.2. The van der Waals surface area contributed by atoms with Crippen molar-refractivity contribution in [1.29, 1.82) is 0 Å². The van der Waals surface area contributed by atoms with Crippen LogP contribution in [0.3, 0.4) is 0 Å². The molecule has 0 amide bonds. The molecule has 0 N–H and O–H groups in total. The third-order valence-electron chi connectivity index (χ3n) is 3.81. The van der Waals surface area contributed by atoms with Crippen LogP contribution in [0.4, 0.5) is 5.69 Å². The molecule has 3 aromatic rings. The summed E-state index contributed by atoms with van der Waals surface area (Å²) in [6.07, 6.45) is 0. The van der Waals surface area contributed by atoms with Crippen LogP contribution in [0.15, 0.2) is 58.1 Å². The van der Waals surface area contributed by atoms with Gasteiger partial charge in [0, 0.05) is 28.9 Å². The van der Waals surface area contributed by atoms with Gasteiger partial charge < -0.3 is 4.74 Å². The highest BCUT2D eigenvalue weighted by Gasteiger charge is 2.28. The van der Waals surface area contributed by atoms with E-state index in [0.29, 0.717) is 0 Å². The number of nitro groups is 1. The Morgan fingerprint density at radius 3 is 2.11 bits per heavy atom. The minimum atomic E-state index is -3.95. The topological polar surface area (TPSA) is 89.8 Å². The Morgan fingerprint density at radius 2 is 1.67 bits per heavy atom. The highest BCUT2D eigenvalue weighted by Crippen LogP contribution is 2.32. The summed E-state index contributed by atoms with van der Waals surface area (Å²) >= 11 is 2.92. The standard InChI is InChI=1S/C17H16N2O5S3/c1-24-17-7-6-15(10-16(17)19(20)21)27(22,23)18(11-13-4-2-8-25-13)12-14-5-3-9-26-14/h2-10H,11-12H2,1H3. The first-order valence-corrected chi connectivity index (χ1v) is 11.0. The van der Waals surface area contributed by atoms with Gasteiger partial charge in [-0.25, -0.2) is 8.42 Å². The molecule has 0 saturated heterocycles. The highest BCUT2D eigenvalue weighted by atomic mass is 32.2. The normalized spacial score (nSPS) is 11.6. The molecule has 0 atom stereocenters. The summed E-state index contributed by atoms with van der Waals surface area (Å²) in [5, 5.41) is 15.0. The van der Waals surface area contributed by atoms with Gasteiger partial charge in [0.25, 0.3) is 0 Å². The minimum Gasteiger partial charge on any atom is -0.490 e. The van der Waals surface area contributed by atoms with Crippen LogP contribution in [0.1, 0.15) is 9.75 Å². The van der Waals surface area contributed by atoms with Crippen LogP contribution < -0.4 is 4.74 Å². The zero-order valence-electron chi connectivity index (χ0n) is 14.3. The Balaban J connectivity index is 2.01. The van der Waals surface area contributed by atoms with E-state index in [4.69, 9.17) is 4.74 Å². The van der Waals surface area contributed by atoms with Gasteiger partial charge in [-0.05, 0) is 35.0 Å². The molecule has 0 saturated carbocycles. The van der Waals surface area contributed by atoms with Gasteiger partial charge in [0.2, 0.25) is 10.0 Å². The highest BCUT2D eigenvalue weighted by molar-refractivity contribution is 7.89. The van der Waals surface area contributed by atoms with Crippen molar-refractivity contribution in [2.24, 2.45) is 0 Å². The van der Waals surface area contributed by atoms with E-state index in [1.165, 1.54) is 46.2 Å². The minimum absolute atomic E-state index is 0.0158. The molecule has 0 spiro atoms. The van der Waals surface area contributed by atoms with Crippen LogP contribution >= 0.6 is 22.7 Å². The summed E-state index contributed by atoms with van der Waals surface area (Å²) in [4.78, 5) is 12.2. The number of rotatable bonds is 8. The van der Waals surface area contributed by atoms with Crippen molar-refractivity contribution in [3.63, 3.8) is 0 Å². The molecule has 7 nitrogen and oxygen atoms in total. The summed E-state index contributed by atoms with van der Waals surface area (Å²) in [5.41, 5.74) is -0.384. The molecule has 2 aromatic heterocycles. The van der Waals surface area contributed by atoms with Gasteiger partial charge in [-0.2, -0.15) is 4.31 Å². The van der Waals surface area contributed by atoms with Crippen LogP contribution in [-0.2, 0) is 23.1 Å². The molecule has 0 unspecified atom stereocenters. The number of hydrogen-bond acceptors (Lipinski definition) is 7. The van der Waals surface area contributed by atoms with Crippen molar-refractivity contribution < 1.29 is 18.1 Å². The van der Waals surface area contributed by atoms with Gasteiger partial charge in [-0.3, -0.25) is 10.1 Å². The first kappa shape index (κ1) is 19.5. The number of sulfonamides is 1. The van der Waals surface area contributed by atoms with E-state index >= 15 is 0 Å². The Bertz CT molecular complexity index is 979. The molecular weight excluding hydrogens is 408 g/mol. The van der Waals surface area contributed by atoms with Crippen LogP contribution in [0.25, 0.3) is 0 Å². The molecular formula is C17H16N2O5S3. The molecule has 142 valence electrons. The first-order valence-electron chi connectivity index (χ1n) is 7.79. The zero-order valence-corrected chi connectivity index (χ0v) is 16.7. The molecule has 0 radical (unpaired) electrons. The quantitative estimate of drug-likeness (QED) is 0.401. The Morgan fingerprint density at radius 1 is 1.07 bits per heavy atom. The number of nitro benzene ring substituents is 1. The molecule has 3 rings (SSSR count). The third kappa shape index (κ3) is 4.35. The predicted molar refractivity (Wildman–Crippen MR) is 105 cm³/mol. The van der Waals surface area contributed by atoms with E-state index < -0.39 is 14.9 Å². The maximum Gasteiger partial charge on any atom is 0.312 e. The van der Waals surface area contributed by atoms with E-state index in [-0.39, 0.29) is 29.4 Å². The second kappa shape index (κ2) is 8.17. The number of benzene rings is 1. The summed E-state index contributed by atoms with van der Waals surface area (Å²) in [7, 11) is -2.65. The lowest BCUT2D eigenvalue weighted by molar-refractivity contribution is -0.386. The first-order chi connectivity index (χ1) is 12.9. The maximum absolute atomic E-state index is 13.2. The molecule has 0 aliphatic rings. The fraction of sp³-hybridized carbons (Fsp3) is 0.176. The van der Waals surface area contributed by atoms with Crippen molar-refractivity contribution in [2.45, 2.75) is 18.0 Å². The Kier molecular flexibility index (Phi) is 5.90. The van der Waals surface area contributed by atoms with E-state index in [1.54, 1.807) is 0 Å². The Hall–Kier alpha value is -2.27. The van der Waals surface area contributed by atoms with Gasteiger partial charge in [0.15, 0.2) is 5.75 Å². The van der Waals surface area contributed by atoms with Gasteiger partial charge in [-0.1, -0.05) is 12.1 Å². The average molecular weight is 425 g/mol. The van der Waals surface area contributed by atoms with Crippen LogP contribution in [-0.4, -0.2) is 24.8 Å². The van der Waals surface area contributed by atoms with Gasteiger partial charge in [0.1, 0.15) is 0 Å². The van der Waals surface area contributed by atoms with Gasteiger partial charge in [0.05, 0.1) is 16.9 Å². The molecule has 0 fully saturated rings. The van der Waals surface area contributed by atoms with Crippen LogP contribution in [0.5, 0.6) is 5.75 Å². The van der Waals surface area contributed by atoms with E-state index in [9.17, 15) is 18.5 Å². The number of methoxy groups -OCH3 is 1. The lowest BCUT2D eigenvalue weighted by Crippen LogP contribution is -2.29. The summed E-state index contributed by atoms with van der Waals surface area (Å²) in [5.74, 6) is 0.0158. The number of thiophene rings is 2. The molecule has 10 heteroatoms. The molecule has 27 heavy (non-hydrogen) atoms. The van der Waals surface area contributed by atoms with Crippen molar-refractivity contribution in [3.8, 4) is 5.75 Å². The number of hydrogen-bond donors (Lipinski definition) is 0. The van der Waals surface area contributed by atoms with E-state index in [0.717, 1.165) is 15.8 Å². The zero-order chi connectivity index (χ0) is 19.4. The molecule has 0 aliphatic heterocycles. The third-order valence-corrected chi connectivity index (χ3v) is 7.32. The predicted octanol–water partition coefficient (Wildman–Crippen LogP) is 4.12. The van der Waals surface area contributed by atoms with E-state index in [1.807, 2.05) is 35.0 Å². The van der Waals surface area contributed by atoms with Crippen LogP contribution in [0.2, 0.25) is 0 Å². The van der Waals surface area contributed by atoms with Crippen LogP contribution in [0, 0.1) is 10.1 Å². The van der Waals surface area contributed by atoms with Crippen molar-refractivity contribution in [3.05, 3.63) is 73.1 Å². The van der Waals surface area contributed by atoms with Crippen molar-refractivity contribution in [1.82, 2.24) is 4.31 Å². The Labute approximate surface area is 164 Å². The molecule has 0 aliphatic carbocycles. The fourth-order valence-corrected chi connectivity index (χ4v) is 5.52. The second-order valence-corrected chi connectivity index (χ2v) is 9.53. The molecule has 2 heterocycles. The summed E-state index contributed by atoms with van der Waals surface area (Å²) in [6, 6.07) is 11.1. The largest absolute Gasteiger partial charge is 0.490 e. The van der Waals surface area contributed by atoms with Crippen molar-refractivity contribution in [2.75, 3.05) is 7.11 Å². The monoisotopic (exact) mass is 424 g/mol. The van der Waals surface area contributed by atoms with Gasteiger partial charge >= 0.3 is 5.69 Å². The molecule has 1 aromatic carbocycles. The van der Waals surface area contributed by atoms with Gasteiger partial charge in [-0.15, -0.1) is 22.7 Å². The smallest absolute Gasteiger partial charge is 0.312 e. The van der Waals surface area contributed by atoms with Crippen molar-refractivity contribution >= 4 is 38.4 Å². The average Bonchev–Trinajstić information content (AvgIpc) is 3.34. The lowest BCUT2D eigenvalue weighted by atomic mass is 10.3. The number of nitrogens with zero attached hydrogens (tertiary/aromatic N) is 2. The lowest BCUT2D eigenvalue weighted by Gasteiger charge is -2.21. The SMILES string of the molecule is COc1ccc(S(=O)(=O)N(Cc2cccs2)Cc2cccs2)cc1[N+](=O)[O-]. The fourth-order valence-electron chi connectivity index (χ4n) is 2.50. The molecule has 0 bridgehead atoms. The second-order valence-electron chi connectivity index (χ2n) is 5.52. The number of ether oxygens (including phenoxy) is 1.